The van der Waals surface area contributed by atoms with Gasteiger partial charge >= 0.3 is 0 Å². The molecule has 0 bridgehead atoms. The van der Waals surface area contributed by atoms with Crippen LogP contribution >= 0.6 is 0 Å². The molecule has 1 aliphatic rings. The van der Waals surface area contributed by atoms with E-state index in [0.717, 1.165) is 18.6 Å². The van der Waals surface area contributed by atoms with Gasteiger partial charge in [-0.25, -0.2) is 0 Å². The van der Waals surface area contributed by atoms with Crippen LogP contribution in [-0.4, -0.2) is 31.7 Å². The molecule has 1 heterocycles. The predicted octanol–water partition coefficient (Wildman–Crippen LogP) is 1.75. The van der Waals surface area contributed by atoms with Crippen molar-refractivity contribution in [3.63, 3.8) is 0 Å². The average Bonchev–Trinajstić information content (AvgIpc) is 2.82. The fraction of sp³-hybridized carbons (Fsp3) is 0.538. The second-order valence-electron chi connectivity index (χ2n) is 4.70. The minimum atomic E-state index is -4.02. The van der Waals surface area contributed by atoms with Gasteiger partial charge in [0.2, 0.25) is 0 Å². The van der Waals surface area contributed by atoms with E-state index in [2.05, 4.69) is 0 Å². The molecule has 2 atom stereocenters. The van der Waals surface area contributed by atoms with Crippen LogP contribution in [0.5, 0.6) is 0 Å². The van der Waals surface area contributed by atoms with Gasteiger partial charge < -0.3 is 10.5 Å². The molecular weight excluding hydrogens is 266 g/mol. The summed E-state index contributed by atoms with van der Waals surface area (Å²) in [6, 6.07) is 6.21. The fourth-order valence-corrected chi connectivity index (χ4v) is 2.21. The number of ether oxygens (including phenoxy) is 1. The maximum absolute atomic E-state index is 10.5. The van der Waals surface area contributed by atoms with E-state index in [0.29, 0.717) is 6.10 Å². The highest BCUT2D eigenvalue weighted by Crippen LogP contribution is 2.13. The van der Waals surface area contributed by atoms with Crippen LogP contribution in [0.4, 0.5) is 0 Å². The fourth-order valence-electron chi connectivity index (χ4n) is 1.73. The summed E-state index contributed by atoms with van der Waals surface area (Å²) in [4.78, 5) is -0.0666. The van der Waals surface area contributed by atoms with Crippen molar-refractivity contribution in [1.82, 2.24) is 0 Å². The molecule has 1 aromatic carbocycles. The number of aryl methyl sites for hydroxylation is 1. The molecular formula is C13H21NO4S. The van der Waals surface area contributed by atoms with Gasteiger partial charge in [0.15, 0.2) is 0 Å². The third kappa shape index (κ3) is 5.69. The molecule has 5 nitrogen and oxygen atoms in total. The summed E-state index contributed by atoms with van der Waals surface area (Å²) >= 11 is 0. The van der Waals surface area contributed by atoms with E-state index in [1.807, 2.05) is 13.8 Å². The quantitative estimate of drug-likeness (QED) is 0.809. The third-order valence-corrected chi connectivity index (χ3v) is 3.74. The van der Waals surface area contributed by atoms with E-state index >= 15 is 0 Å². The van der Waals surface area contributed by atoms with Crippen LogP contribution in [0.15, 0.2) is 29.2 Å². The molecule has 0 aromatic heterocycles. The highest BCUT2D eigenvalue weighted by molar-refractivity contribution is 7.85. The number of rotatable bonds is 2. The molecule has 0 aliphatic carbocycles. The number of hydrogen-bond acceptors (Lipinski definition) is 4. The van der Waals surface area contributed by atoms with Crippen LogP contribution in [0.25, 0.3) is 0 Å². The van der Waals surface area contributed by atoms with Crippen LogP contribution < -0.4 is 5.73 Å². The first-order chi connectivity index (χ1) is 8.80. The maximum Gasteiger partial charge on any atom is 0.294 e. The van der Waals surface area contributed by atoms with E-state index in [4.69, 9.17) is 15.0 Å². The van der Waals surface area contributed by atoms with Gasteiger partial charge in [0.1, 0.15) is 0 Å². The van der Waals surface area contributed by atoms with Gasteiger partial charge in [0.05, 0.1) is 11.0 Å². The summed E-state index contributed by atoms with van der Waals surface area (Å²) in [7, 11) is -4.02. The van der Waals surface area contributed by atoms with Gasteiger partial charge in [-0.3, -0.25) is 4.55 Å². The molecule has 1 saturated heterocycles. The van der Waals surface area contributed by atoms with Crippen molar-refractivity contribution in [2.75, 3.05) is 6.61 Å². The minimum Gasteiger partial charge on any atom is -0.377 e. The van der Waals surface area contributed by atoms with E-state index in [9.17, 15) is 8.42 Å². The summed E-state index contributed by atoms with van der Waals surface area (Å²) in [5, 5.41) is 0. The Labute approximate surface area is 114 Å². The van der Waals surface area contributed by atoms with Crippen LogP contribution in [0, 0.1) is 6.92 Å². The highest BCUT2D eigenvalue weighted by Gasteiger charge is 2.18. The summed E-state index contributed by atoms with van der Waals surface area (Å²) in [6.45, 7) is 4.75. The van der Waals surface area contributed by atoms with Crippen molar-refractivity contribution < 1.29 is 17.7 Å². The lowest BCUT2D eigenvalue weighted by atomic mass is 10.1. The summed E-state index contributed by atoms with van der Waals surface area (Å²) in [5.74, 6) is 0. The van der Waals surface area contributed by atoms with Crippen molar-refractivity contribution in [2.45, 2.75) is 43.7 Å². The lowest BCUT2D eigenvalue weighted by Crippen LogP contribution is -2.30. The Morgan fingerprint density at radius 2 is 1.95 bits per heavy atom. The lowest BCUT2D eigenvalue weighted by Gasteiger charge is -2.11. The van der Waals surface area contributed by atoms with Gasteiger partial charge in [-0.15, -0.1) is 0 Å². The zero-order chi connectivity index (χ0) is 14.5. The normalized spacial score (nSPS) is 20.5. The molecule has 0 amide bonds. The Balaban J connectivity index is 0.000000200. The van der Waals surface area contributed by atoms with E-state index in [1.54, 1.807) is 12.1 Å². The first-order valence-corrected chi connectivity index (χ1v) is 7.66. The zero-order valence-corrected chi connectivity index (χ0v) is 12.1. The smallest absolute Gasteiger partial charge is 0.294 e. The number of benzene rings is 1. The first kappa shape index (κ1) is 16.1. The second kappa shape index (κ2) is 7.00. The minimum absolute atomic E-state index is 0.0666. The molecule has 2 rings (SSSR count). The SMILES string of the molecule is C[C@H](N)[C@H]1CCCO1.Cc1ccc(S(=O)(=O)O)cc1. The molecule has 0 spiro atoms. The third-order valence-electron chi connectivity index (χ3n) is 2.87. The summed E-state index contributed by atoms with van der Waals surface area (Å²) < 4.78 is 34.8. The van der Waals surface area contributed by atoms with Crippen molar-refractivity contribution in [3.05, 3.63) is 29.8 Å². The average molecular weight is 287 g/mol. The Kier molecular flexibility index (Phi) is 5.93. The largest absolute Gasteiger partial charge is 0.377 e. The van der Waals surface area contributed by atoms with E-state index in [-0.39, 0.29) is 10.9 Å². The van der Waals surface area contributed by atoms with Gasteiger partial charge in [-0.1, -0.05) is 17.7 Å². The number of hydrogen-bond donors (Lipinski definition) is 2. The Morgan fingerprint density at radius 1 is 1.37 bits per heavy atom. The molecule has 0 saturated carbocycles. The van der Waals surface area contributed by atoms with Crippen LogP contribution in [0.3, 0.4) is 0 Å². The molecule has 19 heavy (non-hydrogen) atoms. The molecule has 108 valence electrons. The van der Waals surface area contributed by atoms with Crippen molar-refractivity contribution in [3.8, 4) is 0 Å². The lowest BCUT2D eigenvalue weighted by molar-refractivity contribution is 0.0947. The Bertz CT molecular complexity index is 476. The summed E-state index contributed by atoms with van der Waals surface area (Å²) in [6.07, 6.45) is 2.68. The van der Waals surface area contributed by atoms with Gasteiger partial charge in [0, 0.05) is 12.6 Å². The molecule has 1 fully saturated rings. The van der Waals surface area contributed by atoms with Crippen molar-refractivity contribution in [2.24, 2.45) is 5.73 Å². The maximum atomic E-state index is 10.5. The van der Waals surface area contributed by atoms with Crippen molar-refractivity contribution >= 4 is 10.1 Å². The summed E-state index contributed by atoms with van der Waals surface area (Å²) in [5.41, 5.74) is 6.53. The molecule has 1 aromatic rings. The molecule has 0 unspecified atom stereocenters. The molecule has 6 heteroatoms. The van der Waals surface area contributed by atoms with Gasteiger partial charge in [-0.2, -0.15) is 8.42 Å². The molecule has 3 N–H and O–H groups in total. The van der Waals surface area contributed by atoms with Gasteiger partial charge in [0.25, 0.3) is 10.1 Å². The topological polar surface area (TPSA) is 89.6 Å². The Hall–Kier alpha value is -0.950. The van der Waals surface area contributed by atoms with Crippen LogP contribution in [0.1, 0.15) is 25.3 Å². The standard InChI is InChI=1S/C7H8O3S.C6H13NO/c1-6-2-4-7(5-3-6)11(8,9)10;1-5(7)6-3-2-4-8-6/h2-5H,1H3,(H,8,9,10);5-6H,2-4,7H2,1H3/t;5-,6+/m.0/s1. The zero-order valence-electron chi connectivity index (χ0n) is 11.2. The van der Waals surface area contributed by atoms with Crippen LogP contribution in [0.2, 0.25) is 0 Å². The van der Waals surface area contributed by atoms with Gasteiger partial charge in [-0.05, 0) is 38.8 Å². The van der Waals surface area contributed by atoms with E-state index < -0.39 is 10.1 Å². The van der Waals surface area contributed by atoms with Crippen LogP contribution in [-0.2, 0) is 14.9 Å². The van der Waals surface area contributed by atoms with Crippen molar-refractivity contribution in [1.29, 1.82) is 0 Å². The predicted molar refractivity (Wildman–Crippen MR) is 73.6 cm³/mol. The van der Waals surface area contributed by atoms with E-state index in [1.165, 1.54) is 18.6 Å². The number of nitrogens with two attached hydrogens (primary N) is 1. The molecule has 0 radical (unpaired) electrons. The monoisotopic (exact) mass is 287 g/mol. The molecule has 1 aliphatic heterocycles. The second-order valence-corrected chi connectivity index (χ2v) is 6.12. The Morgan fingerprint density at radius 3 is 2.26 bits per heavy atom. The highest BCUT2D eigenvalue weighted by atomic mass is 32.2. The first-order valence-electron chi connectivity index (χ1n) is 6.22.